The molecule has 3 aromatic carbocycles. The third-order valence-corrected chi connectivity index (χ3v) is 6.63. The standard InChI is InChI=1S/C23H17BrCl2N4OS/c1-14-12-15(24)6-11-20(14)27-21(31)13-32-23-29-28-22(18-4-2-3-5-19(18)26)30(23)17-9-7-16(25)8-10-17/h2-12H,13H2,1H3,(H,27,31). The number of carbonyl (C=O) groups excluding carboxylic acids is 1. The second-order valence-electron chi connectivity index (χ2n) is 6.89. The molecule has 1 N–H and O–H groups in total. The molecule has 1 aromatic heterocycles. The van der Waals surface area contributed by atoms with E-state index >= 15 is 0 Å². The molecule has 5 nitrogen and oxygen atoms in total. The lowest BCUT2D eigenvalue weighted by Gasteiger charge is -2.12. The Bertz CT molecular complexity index is 1280. The Morgan fingerprint density at radius 1 is 1.06 bits per heavy atom. The van der Waals surface area contributed by atoms with Crippen molar-refractivity contribution in [2.45, 2.75) is 12.1 Å². The molecule has 0 aliphatic heterocycles. The van der Waals surface area contributed by atoms with Gasteiger partial charge in [-0.3, -0.25) is 9.36 Å². The first-order chi connectivity index (χ1) is 15.4. The lowest BCUT2D eigenvalue weighted by atomic mass is 10.2. The van der Waals surface area contributed by atoms with Gasteiger partial charge in [-0.25, -0.2) is 0 Å². The normalized spacial score (nSPS) is 10.9. The summed E-state index contributed by atoms with van der Waals surface area (Å²) in [6, 6.07) is 20.5. The predicted octanol–water partition coefficient (Wildman–Crippen LogP) is 7.04. The van der Waals surface area contributed by atoms with Gasteiger partial charge in [-0.2, -0.15) is 0 Å². The molecule has 0 radical (unpaired) electrons. The van der Waals surface area contributed by atoms with Crippen LogP contribution < -0.4 is 5.32 Å². The van der Waals surface area contributed by atoms with Gasteiger partial charge in [-0.15, -0.1) is 10.2 Å². The van der Waals surface area contributed by atoms with E-state index in [-0.39, 0.29) is 11.7 Å². The molecule has 32 heavy (non-hydrogen) atoms. The lowest BCUT2D eigenvalue weighted by Crippen LogP contribution is -2.15. The minimum atomic E-state index is -0.134. The fourth-order valence-electron chi connectivity index (χ4n) is 3.09. The zero-order valence-corrected chi connectivity index (χ0v) is 20.8. The molecule has 1 heterocycles. The molecule has 0 saturated carbocycles. The van der Waals surface area contributed by atoms with Crippen LogP contribution in [-0.2, 0) is 4.79 Å². The Balaban J connectivity index is 1.61. The maximum absolute atomic E-state index is 12.6. The number of hydrogen-bond acceptors (Lipinski definition) is 4. The first-order valence-corrected chi connectivity index (χ1v) is 12.1. The summed E-state index contributed by atoms with van der Waals surface area (Å²) in [4.78, 5) is 12.6. The molecular formula is C23H17BrCl2N4OS. The number of aryl methyl sites for hydroxylation is 1. The maximum Gasteiger partial charge on any atom is 0.234 e. The van der Waals surface area contributed by atoms with Crippen LogP contribution in [0.2, 0.25) is 10.0 Å². The number of anilines is 1. The van der Waals surface area contributed by atoms with Gasteiger partial charge in [0.2, 0.25) is 5.91 Å². The summed E-state index contributed by atoms with van der Waals surface area (Å²) in [5.74, 6) is 0.624. The number of carbonyl (C=O) groups is 1. The number of aromatic nitrogens is 3. The van der Waals surface area contributed by atoms with Gasteiger partial charge in [0.1, 0.15) is 0 Å². The fourth-order valence-corrected chi connectivity index (χ4v) is 4.66. The highest BCUT2D eigenvalue weighted by Gasteiger charge is 2.19. The average molecular weight is 548 g/mol. The highest BCUT2D eigenvalue weighted by molar-refractivity contribution is 9.10. The van der Waals surface area contributed by atoms with Gasteiger partial charge in [-0.1, -0.05) is 63.0 Å². The zero-order chi connectivity index (χ0) is 22.7. The highest BCUT2D eigenvalue weighted by Crippen LogP contribution is 2.32. The van der Waals surface area contributed by atoms with E-state index in [4.69, 9.17) is 23.2 Å². The largest absolute Gasteiger partial charge is 0.325 e. The number of nitrogens with one attached hydrogen (secondary N) is 1. The number of amides is 1. The minimum absolute atomic E-state index is 0.134. The molecule has 0 fully saturated rings. The topological polar surface area (TPSA) is 59.8 Å². The fraction of sp³-hybridized carbons (Fsp3) is 0.0870. The van der Waals surface area contributed by atoms with Gasteiger partial charge >= 0.3 is 0 Å². The van der Waals surface area contributed by atoms with E-state index in [2.05, 4.69) is 31.4 Å². The van der Waals surface area contributed by atoms with Crippen LogP contribution in [0, 0.1) is 6.92 Å². The molecule has 0 aliphatic carbocycles. The van der Waals surface area contributed by atoms with Crippen LogP contribution in [0.25, 0.3) is 17.1 Å². The molecule has 4 rings (SSSR count). The second-order valence-corrected chi connectivity index (χ2v) is 9.60. The molecule has 1 amide bonds. The molecule has 0 unspecified atom stereocenters. The summed E-state index contributed by atoms with van der Waals surface area (Å²) in [5, 5.41) is 13.4. The Kier molecular flexibility index (Phi) is 7.20. The molecular weight excluding hydrogens is 531 g/mol. The molecule has 0 atom stereocenters. The van der Waals surface area contributed by atoms with Crippen molar-refractivity contribution in [3.05, 3.63) is 86.8 Å². The van der Waals surface area contributed by atoms with Crippen molar-refractivity contribution in [1.82, 2.24) is 14.8 Å². The predicted molar refractivity (Wildman–Crippen MR) is 135 cm³/mol. The van der Waals surface area contributed by atoms with E-state index in [9.17, 15) is 4.79 Å². The molecule has 162 valence electrons. The van der Waals surface area contributed by atoms with Gasteiger partial charge < -0.3 is 5.32 Å². The summed E-state index contributed by atoms with van der Waals surface area (Å²) >= 11 is 17.2. The number of thioether (sulfide) groups is 1. The summed E-state index contributed by atoms with van der Waals surface area (Å²) in [6.07, 6.45) is 0. The van der Waals surface area contributed by atoms with E-state index in [1.54, 1.807) is 18.2 Å². The number of nitrogens with zero attached hydrogens (tertiary/aromatic N) is 3. The van der Waals surface area contributed by atoms with Crippen LogP contribution in [0.5, 0.6) is 0 Å². The number of rotatable bonds is 6. The summed E-state index contributed by atoms with van der Waals surface area (Å²) in [5.41, 5.74) is 3.32. The van der Waals surface area contributed by atoms with Gasteiger partial charge in [0.05, 0.1) is 10.8 Å². The monoisotopic (exact) mass is 546 g/mol. The van der Waals surface area contributed by atoms with Crippen molar-refractivity contribution < 1.29 is 4.79 Å². The Hall–Kier alpha value is -2.32. The van der Waals surface area contributed by atoms with Crippen molar-refractivity contribution in [1.29, 1.82) is 0 Å². The Morgan fingerprint density at radius 3 is 2.53 bits per heavy atom. The quantitative estimate of drug-likeness (QED) is 0.263. The van der Waals surface area contributed by atoms with E-state index < -0.39 is 0 Å². The van der Waals surface area contributed by atoms with Crippen molar-refractivity contribution in [2.75, 3.05) is 11.1 Å². The van der Waals surface area contributed by atoms with Crippen LogP contribution >= 0.6 is 50.9 Å². The van der Waals surface area contributed by atoms with Crippen LogP contribution in [0.3, 0.4) is 0 Å². The molecule has 4 aromatic rings. The van der Waals surface area contributed by atoms with Gasteiger partial charge in [0.15, 0.2) is 11.0 Å². The molecule has 0 saturated heterocycles. The zero-order valence-electron chi connectivity index (χ0n) is 16.8. The summed E-state index contributed by atoms with van der Waals surface area (Å²) < 4.78 is 2.84. The first kappa shape index (κ1) is 22.9. The number of hydrogen-bond donors (Lipinski definition) is 1. The van der Waals surface area contributed by atoms with Crippen molar-refractivity contribution >= 4 is 62.5 Å². The van der Waals surface area contributed by atoms with Crippen LogP contribution in [-0.4, -0.2) is 26.4 Å². The SMILES string of the molecule is Cc1cc(Br)ccc1NC(=O)CSc1nnc(-c2ccccc2Cl)n1-c1ccc(Cl)cc1. The highest BCUT2D eigenvalue weighted by atomic mass is 79.9. The second kappa shape index (κ2) is 10.1. The summed E-state index contributed by atoms with van der Waals surface area (Å²) in [6.45, 7) is 1.94. The van der Waals surface area contributed by atoms with E-state index in [1.807, 2.05) is 60.0 Å². The van der Waals surface area contributed by atoms with Crippen LogP contribution in [0.4, 0.5) is 5.69 Å². The van der Waals surface area contributed by atoms with E-state index in [0.29, 0.717) is 21.0 Å². The molecule has 0 bridgehead atoms. The first-order valence-electron chi connectivity index (χ1n) is 9.57. The summed E-state index contributed by atoms with van der Waals surface area (Å²) in [7, 11) is 0. The third kappa shape index (κ3) is 5.18. The lowest BCUT2D eigenvalue weighted by molar-refractivity contribution is -0.113. The molecule has 0 spiro atoms. The Morgan fingerprint density at radius 2 is 1.81 bits per heavy atom. The van der Waals surface area contributed by atoms with Crippen molar-refractivity contribution in [3.63, 3.8) is 0 Å². The number of benzene rings is 3. The maximum atomic E-state index is 12.6. The van der Waals surface area contributed by atoms with Gasteiger partial charge in [0, 0.05) is 26.4 Å². The smallest absolute Gasteiger partial charge is 0.234 e. The third-order valence-electron chi connectivity index (χ3n) is 4.63. The molecule has 9 heteroatoms. The van der Waals surface area contributed by atoms with E-state index in [0.717, 1.165) is 27.0 Å². The van der Waals surface area contributed by atoms with E-state index in [1.165, 1.54) is 11.8 Å². The van der Waals surface area contributed by atoms with Crippen molar-refractivity contribution in [3.8, 4) is 17.1 Å². The van der Waals surface area contributed by atoms with Gasteiger partial charge in [0.25, 0.3) is 0 Å². The Labute approximate surface area is 208 Å². The molecule has 0 aliphatic rings. The minimum Gasteiger partial charge on any atom is -0.325 e. The van der Waals surface area contributed by atoms with Crippen LogP contribution in [0.15, 0.2) is 76.4 Å². The number of halogens is 3. The van der Waals surface area contributed by atoms with Gasteiger partial charge in [-0.05, 0) is 67.1 Å². The van der Waals surface area contributed by atoms with Crippen molar-refractivity contribution in [2.24, 2.45) is 0 Å². The van der Waals surface area contributed by atoms with Crippen LogP contribution in [0.1, 0.15) is 5.56 Å². The average Bonchev–Trinajstić information content (AvgIpc) is 3.19.